The van der Waals surface area contributed by atoms with Crippen LogP contribution in [0, 0.1) is 0 Å². The van der Waals surface area contributed by atoms with Gasteiger partial charge >= 0.3 is 0 Å². The van der Waals surface area contributed by atoms with Crippen LogP contribution in [0.3, 0.4) is 0 Å². The van der Waals surface area contributed by atoms with Gasteiger partial charge in [-0.2, -0.15) is 0 Å². The zero-order valence-electron chi connectivity index (χ0n) is 4.59. The normalized spacial score (nSPS) is 11.0. The largest absolute Gasteiger partial charge is 0.269 e. The molecular formula is C3H8ClFO2S. The Kier molecular flexibility index (Phi) is 4.48. The van der Waals surface area contributed by atoms with E-state index >= 15 is 0 Å². The Bertz CT molecular complexity index is 139. The molecule has 8 heavy (non-hydrogen) atoms. The van der Waals surface area contributed by atoms with Crippen LogP contribution in [0.4, 0.5) is 4.70 Å². The molecule has 52 valence electrons. The van der Waals surface area contributed by atoms with Gasteiger partial charge in [0.1, 0.15) is 0 Å². The van der Waals surface area contributed by atoms with Gasteiger partial charge in [-0.3, -0.25) is 4.70 Å². The predicted molar refractivity (Wildman–Crippen MR) is 32.4 cm³/mol. The van der Waals surface area contributed by atoms with E-state index in [0.717, 1.165) is 0 Å². The molecule has 0 saturated heterocycles. The first-order chi connectivity index (χ1) is 2.94. The van der Waals surface area contributed by atoms with E-state index < -0.39 is 14.3 Å². The molecule has 0 aliphatic heterocycles. The molecule has 0 aromatic carbocycles. The Morgan fingerprint density at radius 3 is 1.50 bits per heavy atom. The van der Waals surface area contributed by atoms with E-state index in [-0.39, 0.29) is 4.70 Å². The minimum absolute atomic E-state index is 0. The lowest BCUT2D eigenvalue weighted by Crippen LogP contribution is -2.04. The molecule has 0 N–H and O–H groups in total. The van der Waals surface area contributed by atoms with Crippen LogP contribution in [-0.4, -0.2) is 13.7 Å². The maximum atomic E-state index is 10.1. The average Bonchev–Trinajstić information content (AvgIpc) is 1.31. The molecule has 0 fully saturated rings. The lowest BCUT2D eigenvalue weighted by Gasteiger charge is -1.93. The van der Waals surface area contributed by atoms with Crippen LogP contribution in [0.25, 0.3) is 0 Å². The lowest BCUT2D eigenvalue weighted by atomic mass is 10.6. The second kappa shape index (κ2) is 3.25. The summed E-state index contributed by atoms with van der Waals surface area (Å²) >= 11 is 0. The van der Waals surface area contributed by atoms with Crippen LogP contribution >= 0.6 is 10.7 Å². The summed E-state index contributed by atoms with van der Waals surface area (Å²) in [6, 6.07) is 0. The monoisotopic (exact) mass is 162 g/mol. The summed E-state index contributed by atoms with van der Waals surface area (Å²) in [6.45, 7) is 3.06. The molecule has 0 atom stereocenters. The first kappa shape index (κ1) is 11.0. The second-order valence-electron chi connectivity index (χ2n) is 1.52. The molecule has 0 bridgehead atoms. The third-order valence-corrected chi connectivity index (χ3v) is 2.76. The van der Waals surface area contributed by atoms with Crippen molar-refractivity contribution in [2.24, 2.45) is 0 Å². The van der Waals surface area contributed by atoms with Gasteiger partial charge in [-0.15, -0.1) is 0 Å². The summed E-state index contributed by atoms with van der Waals surface area (Å²) < 4.78 is 20.2. The number of halogens is 2. The summed E-state index contributed by atoms with van der Waals surface area (Å²) in [4.78, 5) is 0. The van der Waals surface area contributed by atoms with Crippen molar-refractivity contribution < 1.29 is 13.1 Å². The Balaban J connectivity index is 0. The number of rotatable bonds is 1. The van der Waals surface area contributed by atoms with Crippen molar-refractivity contribution in [1.29, 1.82) is 0 Å². The standard InChI is InChI=1S/C3H7ClO2S.FH/c1-3(2)7(4,5)6;/h3H,1-2H3;1H. The molecular weight excluding hydrogens is 155 g/mol. The van der Waals surface area contributed by atoms with E-state index in [0.29, 0.717) is 0 Å². The fourth-order valence-electron chi connectivity index (χ4n) is 0. The van der Waals surface area contributed by atoms with Gasteiger partial charge in [0.15, 0.2) is 0 Å². The van der Waals surface area contributed by atoms with Crippen LogP contribution in [-0.2, 0) is 9.05 Å². The van der Waals surface area contributed by atoms with Crippen molar-refractivity contribution in [3.63, 3.8) is 0 Å². The van der Waals surface area contributed by atoms with Gasteiger partial charge in [0.2, 0.25) is 9.05 Å². The van der Waals surface area contributed by atoms with E-state index in [4.69, 9.17) is 10.7 Å². The van der Waals surface area contributed by atoms with Gasteiger partial charge in [0.05, 0.1) is 5.25 Å². The van der Waals surface area contributed by atoms with Gasteiger partial charge in [0.25, 0.3) is 0 Å². The number of hydrogen-bond acceptors (Lipinski definition) is 2. The van der Waals surface area contributed by atoms with Crippen molar-refractivity contribution >= 4 is 19.7 Å². The third kappa shape index (κ3) is 4.33. The molecule has 0 amide bonds. The summed E-state index contributed by atoms with van der Waals surface area (Å²) in [5.41, 5.74) is 0. The van der Waals surface area contributed by atoms with Crippen LogP contribution < -0.4 is 0 Å². The highest BCUT2D eigenvalue weighted by atomic mass is 35.7. The van der Waals surface area contributed by atoms with Crippen LogP contribution in [0.2, 0.25) is 0 Å². The van der Waals surface area contributed by atoms with Crippen molar-refractivity contribution in [2.45, 2.75) is 19.1 Å². The van der Waals surface area contributed by atoms with Crippen LogP contribution in [0.5, 0.6) is 0 Å². The summed E-state index contributed by atoms with van der Waals surface area (Å²) in [5, 5.41) is -0.464. The highest BCUT2D eigenvalue weighted by Gasteiger charge is 2.09. The fraction of sp³-hybridized carbons (Fsp3) is 1.00. The molecule has 0 aromatic rings. The van der Waals surface area contributed by atoms with Gasteiger partial charge in [-0.05, 0) is 13.8 Å². The zero-order chi connectivity index (χ0) is 6.08. The molecule has 0 spiro atoms. The third-order valence-electron chi connectivity index (χ3n) is 0.563. The Labute approximate surface area is 52.6 Å². The molecule has 0 aliphatic carbocycles. The van der Waals surface area contributed by atoms with Crippen molar-refractivity contribution in [3.05, 3.63) is 0 Å². The summed E-state index contributed by atoms with van der Waals surface area (Å²) in [6.07, 6.45) is 0. The van der Waals surface area contributed by atoms with E-state index in [1.54, 1.807) is 0 Å². The van der Waals surface area contributed by atoms with Crippen LogP contribution in [0.15, 0.2) is 0 Å². The molecule has 0 heterocycles. The summed E-state index contributed by atoms with van der Waals surface area (Å²) in [7, 11) is 1.57. The van der Waals surface area contributed by atoms with Gasteiger partial charge in [-0.1, -0.05) is 0 Å². The van der Waals surface area contributed by atoms with E-state index in [9.17, 15) is 8.42 Å². The number of hydrogen-bond donors (Lipinski definition) is 0. The molecule has 2 nitrogen and oxygen atoms in total. The predicted octanol–water partition coefficient (Wildman–Crippen LogP) is 1.12. The minimum atomic E-state index is -3.27. The van der Waals surface area contributed by atoms with Crippen molar-refractivity contribution in [3.8, 4) is 0 Å². The van der Waals surface area contributed by atoms with Gasteiger partial charge in [-0.25, -0.2) is 8.42 Å². The Morgan fingerprint density at radius 1 is 1.38 bits per heavy atom. The first-order valence-corrected chi connectivity index (χ1v) is 4.25. The first-order valence-electron chi connectivity index (χ1n) is 1.88. The topological polar surface area (TPSA) is 34.1 Å². The maximum absolute atomic E-state index is 10.1. The molecule has 0 unspecified atom stereocenters. The molecule has 0 aromatic heterocycles. The lowest BCUT2D eigenvalue weighted by molar-refractivity contribution is 0.601. The molecule has 0 radical (unpaired) electrons. The van der Waals surface area contributed by atoms with Gasteiger partial charge in [0, 0.05) is 10.7 Å². The maximum Gasteiger partial charge on any atom is 0.234 e. The second-order valence-corrected chi connectivity index (χ2v) is 4.71. The Morgan fingerprint density at radius 2 is 1.50 bits per heavy atom. The highest BCUT2D eigenvalue weighted by molar-refractivity contribution is 8.14. The quantitative estimate of drug-likeness (QED) is 0.542. The van der Waals surface area contributed by atoms with E-state index in [1.807, 2.05) is 0 Å². The molecule has 0 aliphatic rings. The van der Waals surface area contributed by atoms with E-state index in [2.05, 4.69) is 0 Å². The van der Waals surface area contributed by atoms with Crippen LogP contribution in [0.1, 0.15) is 13.8 Å². The Hall–Kier alpha value is 0.170. The van der Waals surface area contributed by atoms with Crippen molar-refractivity contribution in [2.75, 3.05) is 0 Å². The molecule has 5 heteroatoms. The fourth-order valence-corrected chi connectivity index (χ4v) is 0. The zero-order valence-corrected chi connectivity index (χ0v) is 6.16. The van der Waals surface area contributed by atoms with Crippen molar-refractivity contribution in [1.82, 2.24) is 0 Å². The highest BCUT2D eigenvalue weighted by Crippen LogP contribution is 2.03. The average molecular weight is 163 g/mol. The van der Waals surface area contributed by atoms with E-state index in [1.165, 1.54) is 13.8 Å². The molecule has 0 rings (SSSR count). The van der Waals surface area contributed by atoms with Gasteiger partial charge < -0.3 is 0 Å². The summed E-state index contributed by atoms with van der Waals surface area (Å²) in [5.74, 6) is 0. The minimum Gasteiger partial charge on any atom is -0.269 e. The SMILES string of the molecule is CC(C)S(=O)(=O)Cl.F. The smallest absolute Gasteiger partial charge is 0.234 e. The molecule has 0 saturated carbocycles.